The molecule has 20 heavy (non-hydrogen) atoms. The number of ether oxygens (including phenoxy) is 2. The molecule has 110 valence electrons. The second-order valence-corrected chi connectivity index (χ2v) is 7.27. The van der Waals surface area contributed by atoms with E-state index in [1.54, 1.807) is 20.3 Å². The Morgan fingerprint density at radius 3 is 2.50 bits per heavy atom. The fourth-order valence-electron chi connectivity index (χ4n) is 3.39. The Hall–Kier alpha value is -0.940. The lowest BCUT2D eigenvalue weighted by atomic mass is 9.81. The van der Waals surface area contributed by atoms with Crippen LogP contribution in [-0.2, 0) is 5.60 Å². The number of rotatable bonds is 3. The summed E-state index contributed by atoms with van der Waals surface area (Å²) in [5.74, 6) is 0.997. The molecule has 3 rings (SSSR count). The van der Waals surface area contributed by atoms with E-state index in [4.69, 9.17) is 9.47 Å². The molecule has 1 aromatic rings. The van der Waals surface area contributed by atoms with Crippen molar-refractivity contribution in [2.45, 2.75) is 48.2 Å². The Morgan fingerprint density at radius 2 is 1.90 bits per heavy atom. The summed E-state index contributed by atoms with van der Waals surface area (Å²) in [4.78, 5) is 4.31. The number of thioether (sulfide) groups is 1. The van der Waals surface area contributed by atoms with Crippen molar-refractivity contribution in [2.75, 3.05) is 14.2 Å². The van der Waals surface area contributed by atoms with Crippen LogP contribution in [0.4, 0.5) is 0 Å². The van der Waals surface area contributed by atoms with Gasteiger partial charge in [-0.15, -0.1) is 0 Å². The average molecular weight is 295 g/mol. The molecular weight excluding hydrogens is 274 g/mol. The molecule has 2 saturated heterocycles. The Morgan fingerprint density at radius 1 is 1.20 bits per heavy atom. The van der Waals surface area contributed by atoms with E-state index < -0.39 is 5.60 Å². The third-order valence-electron chi connectivity index (χ3n) is 4.31. The number of methoxy groups -OCH3 is 2. The summed E-state index contributed by atoms with van der Waals surface area (Å²) in [6.45, 7) is 0. The summed E-state index contributed by atoms with van der Waals surface area (Å²) in [6, 6.07) is 3.70. The molecular formula is C15H21NO3S. The maximum absolute atomic E-state index is 11.1. The van der Waals surface area contributed by atoms with Gasteiger partial charge in [-0.1, -0.05) is 6.42 Å². The lowest BCUT2D eigenvalue weighted by Crippen LogP contribution is -2.40. The van der Waals surface area contributed by atoms with Crippen LogP contribution >= 0.6 is 11.8 Å². The van der Waals surface area contributed by atoms with Gasteiger partial charge in [-0.3, -0.25) is 0 Å². The van der Waals surface area contributed by atoms with E-state index in [9.17, 15) is 5.11 Å². The van der Waals surface area contributed by atoms with Crippen LogP contribution < -0.4 is 9.47 Å². The van der Waals surface area contributed by atoms with Gasteiger partial charge < -0.3 is 14.6 Å². The molecule has 1 aromatic heterocycles. The molecule has 5 heteroatoms. The quantitative estimate of drug-likeness (QED) is 0.929. The molecule has 2 aliphatic heterocycles. The van der Waals surface area contributed by atoms with Crippen LogP contribution in [0.15, 0.2) is 12.1 Å². The zero-order valence-electron chi connectivity index (χ0n) is 12.0. The van der Waals surface area contributed by atoms with Crippen LogP contribution in [0.2, 0.25) is 0 Å². The largest absolute Gasteiger partial charge is 0.481 e. The van der Waals surface area contributed by atoms with Gasteiger partial charge >= 0.3 is 0 Å². The summed E-state index contributed by atoms with van der Waals surface area (Å²) in [7, 11) is 3.17. The third-order valence-corrected chi connectivity index (χ3v) is 5.88. The summed E-state index contributed by atoms with van der Waals surface area (Å²) in [5, 5.41) is 12.3. The molecule has 0 spiro atoms. The monoisotopic (exact) mass is 295 g/mol. The van der Waals surface area contributed by atoms with Crippen molar-refractivity contribution in [1.82, 2.24) is 4.98 Å². The van der Waals surface area contributed by atoms with Gasteiger partial charge in [0.1, 0.15) is 0 Å². The first-order chi connectivity index (χ1) is 9.64. The normalized spacial score (nSPS) is 32.8. The van der Waals surface area contributed by atoms with Gasteiger partial charge in [0.25, 0.3) is 0 Å². The molecule has 1 N–H and O–H groups in total. The van der Waals surface area contributed by atoms with E-state index >= 15 is 0 Å². The molecule has 0 radical (unpaired) electrons. The van der Waals surface area contributed by atoms with Crippen LogP contribution in [-0.4, -0.2) is 34.8 Å². The van der Waals surface area contributed by atoms with E-state index in [2.05, 4.69) is 4.98 Å². The highest BCUT2D eigenvalue weighted by Gasteiger charge is 2.44. The molecule has 0 amide bonds. The minimum atomic E-state index is -0.814. The first-order valence-electron chi connectivity index (χ1n) is 7.12. The standard InChI is InChI=1S/C15H21NO3S/c1-18-13-7-6-12(14(16-13)19-2)15(17)8-10-4-3-5-11(9-15)20-10/h6-7,10-11,17H,3-5,8-9H2,1-2H3. The van der Waals surface area contributed by atoms with Crippen molar-refractivity contribution in [2.24, 2.45) is 0 Å². The van der Waals surface area contributed by atoms with E-state index in [1.807, 2.05) is 17.8 Å². The van der Waals surface area contributed by atoms with Gasteiger partial charge in [0.15, 0.2) is 0 Å². The third kappa shape index (κ3) is 2.49. The topological polar surface area (TPSA) is 51.6 Å². The number of pyridine rings is 1. The van der Waals surface area contributed by atoms with Crippen molar-refractivity contribution < 1.29 is 14.6 Å². The lowest BCUT2D eigenvalue weighted by molar-refractivity contribution is 0.00548. The highest BCUT2D eigenvalue weighted by atomic mass is 32.2. The number of hydrogen-bond acceptors (Lipinski definition) is 5. The predicted octanol–water partition coefficient (Wildman–Crippen LogP) is 2.73. The maximum atomic E-state index is 11.1. The van der Waals surface area contributed by atoms with Crippen LogP contribution in [0.5, 0.6) is 11.8 Å². The summed E-state index contributed by atoms with van der Waals surface area (Å²) < 4.78 is 10.5. The van der Waals surface area contributed by atoms with E-state index in [1.165, 1.54) is 19.3 Å². The second kappa shape index (κ2) is 5.45. The first-order valence-corrected chi connectivity index (χ1v) is 8.06. The molecule has 4 nitrogen and oxygen atoms in total. The van der Waals surface area contributed by atoms with Gasteiger partial charge in [0.05, 0.1) is 19.8 Å². The molecule has 2 bridgehead atoms. The molecule has 0 aromatic carbocycles. The number of aliphatic hydroxyl groups is 1. The fraction of sp³-hybridized carbons (Fsp3) is 0.667. The van der Waals surface area contributed by atoms with Crippen molar-refractivity contribution >= 4 is 11.8 Å². The zero-order valence-corrected chi connectivity index (χ0v) is 12.8. The van der Waals surface area contributed by atoms with Gasteiger partial charge in [-0.05, 0) is 31.7 Å². The number of nitrogens with zero attached hydrogens (tertiary/aromatic N) is 1. The fourth-order valence-corrected chi connectivity index (χ4v) is 5.28. The highest BCUT2D eigenvalue weighted by molar-refractivity contribution is 8.00. The van der Waals surface area contributed by atoms with Crippen molar-refractivity contribution in [3.8, 4) is 11.8 Å². The van der Waals surface area contributed by atoms with Crippen molar-refractivity contribution in [3.05, 3.63) is 17.7 Å². The van der Waals surface area contributed by atoms with Gasteiger partial charge in [0.2, 0.25) is 11.8 Å². The minimum Gasteiger partial charge on any atom is -0.481 e. The molecule has 0 aliphatic carbocycles. The van der Waals surface area contributed by atoms with Gasteiger partial charge in [0, 0.05) is 22.1 Å². The Kier molecular flexibility index (Phi) is 3.82. The summed E-state index contributed by atoms with van der Waals surface area (Å²) in [5.41, 5.74) is -0.0102. The number of hydrogen-bond donors (Lipinski definition) is 1. The average Bonchev–Trinajstić information content (AvgIpc) is 2.46. The van der Waals surface area contributed by atoms with E-state index in [-0.39, 0.29) is 0 Å². The zero-order chi connectivity index (χ0) is 14.2. The van der Waals surface area contributed by atoms with Crippen LogP contribution in [0.3, 0.4) is 0 Å². The molecule has 2 fully saturated rings. The van der Waals surface area contributed by atoms with Crippen LogP contribution in [0.1, 0.15) is 37.7 Å². The maximum Gasteiger partial charge on any atom is 0.222 e. The van der Waals surface area contributed by atoms with Crippen LogP contribution in [0, 0.1) is 0 Å². The summed E-state index contributed by atoms with van der Waals surface area (Å²) in [6.07, 6.45) is 5.28. The lowest BCUT2D eigenvalue weighted by Gasteiger charge is -2.44. The molecule has 2 unspecified atom stereocenters. The molecule has 0 saturated carbocycles. The molecule has 2 aliphatic rings. The molecule has 3 heterocycles. The number of aromatic nitrogens is 1. The smallest absolute Gasteiger partial charge is 0.222 e. The van der Waals surface area contributed by atoms with Crippen molar-refractivity contribution in [1.29, 1.82) is 0 Å². The minimum absolute atomic E-state index is 0.483. The first kappa shape index (κ1) is 14.0. The van der Waals surface area contributed by atoms with Crippen molar-refractivity contribution in [3.63, 3.8) is 0 Å². The van der Waals surface area contributed by atoms with Gasteiger partial charge in [-0.2, -0.15) is 16.7 Å². The Labute approximate surface area is 123 Å². The molecule has 2 atom stereocenters. The van der Waals surface area contributed by atoms with E-state index in [0.29, 0.717) is 22.3 Å². The number of fused-ring (bicyclic) bond motifs is 2. The summed E-state index contributed by atoms with van der Waals surface area (Å²) >= 11 is 2.05. The SMILES string of the molecule is COc1ccc(C2(O)CC3CCCC(C2)S3)c(OC)n1. The Balaban J connectivity index is 1.94. The van der Waals surface area contributed by atoms with E-state index in [0.717, 1.165) is 18.4 Å². The highest BCUT2D eigenvalue weighted by Crippen LogP contribution is 2.50. The Bertz CT molecular complexity index is 482. The predicted molar refractivity (Wildman–Crippen MR) is 79.5 cm³/mol. The second-order valence-electron chi connectivity index (χ2n) is 5.66. The van der Waals surface area contributed by atoms with Gasteiger partial charge in [-0.25, -0.2) is 0 Å². The van der Waals surface area contributed by atoms with Crippen LogP contribution in [0.25, 0.3) is 0 Å².